The van der Waals surface area contributed by atoms with Gasteiger partial charge in [-0.15, -0.1) is 0 Å². The lowest BCUT2D eigenvalue weighted by atomic mass is 10.2. The van der Waals surface area contributed by atoms with Crippen molar-refractivity contribution in [3.63, 3.8) is 0 Å². The zero-order valence-electron chi connectivity index (χ0n) is 11.2. The number of pyridine rings is 1. The molecular formula is C13H21N2O2+. The first-order chi connectivity index (χ1) is 7.78. The number of rotatable bonds is 3. The van der Waals surface area contributed by atoms with Crippen LogP contribution in [-0.4, -0.2) is 25.7 Å². The Hall–Kier alpha value is -1.58. The van der Waals surface area contributed by atoms with Gasteiger partial charge < -0.3 is 9.64 Å². The van der Waals surface area contributed by atoms with Gasteiger partial charge >= 0.3 is 5.97 Å². The summed E-state index contributed by atoms with van der Waals surface area (Å²) in [5, 5.41) is 0. The maximum atomic E-state index is 11.6. The second kappa shape index (κ2) is 5.17. The number of carbonyl (C=O) groups is 1. The Balaban J connectivity index is 2.61. The van der Waals surface area contributed by atoms with Crippen LogP contribution in [0.25, 0.3) is 0 Å². The largest absolute Gasteiger partial charge is 0.455 e. The van der Waals surface area contributed by atoms with Crippen molar-refractivity contribution < 1.29 is 14.1 Å². The van der Waals surface area contributed by atoms with Gasteiger partial charge in [-0.1, -0.05) is 0 Å². The Labute approximate surface area is 103 Å². The summed E-state index contributed by atoms with van der Waals surface area (Å²) in [7, 11) is 3.96. The second-order valence-corrected chi connectivity index (χ2v) is 5.21. The highest BCUT2D eigenvalue weighted by Gasteiger charge is 2.19. The van der Waals surface area contributed by atoms with Crippen LogP contribution in [0.4, 0.5) is 5.69 Å². The minimum Gasteiger partial charge on any atom is -0.455 e. The molecule has 0 aromatic carbocycles. The van der Waals surface area contributed by atoms with Crippen LogP contribution in [0.5, 0.6) is 0 Å². The zero-order chi connectivity index (χ0) is 13.1. The quantitative estimate of drug-likeness (QED) is 0.588. The smallest absolute Gasteiger partial charge is 0.373 e. The van der Waals surface area contributed by atoms with Crippen LogP contribution in [0.3, 0.4) is 0 Å². The van der Waals surface area contributed by atoms with Crippen LogP contribution in [0.15, 0.2) is 24.5 Å². The van der Waals surface area contributed by atoms with E-state index in [9.17, 15) is 4.79 Å². The van der Waals surface area contributed by atoms with E-state index in [0.29, 0.717) is 0 Å². The van der Waals surface area contributed by atoms with Gasteiger partial charge in [0, 0.05) is 31.9 Å². The lowest BCUT2D eigenvalue weighted by Gasteiger charge is -2.18. The summed E-state index contributed by atoms with van der Waals surface area (Å²) < 4.78 is 7.06. The van der Waals surface area contributed by atoms with Gasteiger partial charge in [0.05, 0.1) is 0 Å². The Morgan fingerprint density at radius 3 is 2.24 bits per heavy atom. The fourth-order valence-corrected chi connectivity index (χ4v) is 1.38. The third-order valence-corrected chi connectivity index (χ3v) is 2.12. The van der Waals surface area contributed by atoms with Crippen molar-refractivity contribution in [1.82, 2.24) is 0 Å². The monoisotopic (exact) mass is 237 g/mol. The van der Waals surface area contributed by atoms with E-state index in [1.807, 2.05) is 64.3 Å². The number of ether oxygens (including phenoxy) is 1. The first-order valence-corrected chi connectivity index (χ1v) is 5.66. The van der Waals surface area contributed by atoms with Crippen LogP contribution >= 0.6 is 0 Å². The number of aromatic nitrogens is 1. The molecule has 0 fully saturated rings. The number of carbonyl (C=O) groups excluding carboxylic acids is 1. The predicted molar refractivity (Wildman–Crippen MR) is 66.8 cm³/mol. The molecule has 0 aliphatic carbocycles. The summed E-state index contributed by atoms with van der Waals surface area (Å²) in [5.41, 5.74) is 0.673. The summed E-state index contributed by atoms with van der Waals surface area (Å²) in [6.45, 7) is 5.84. The lowest BCUT2D eigenvalue weighted by molar-refractivity contribution is -0.686. The summed E-state index contributed by atoms with van der Waals surface area (Å²) in [6.07, 6.45) is 3.75. The molecule has 1 aromatic rings. The predicted octanol–water partition coefficient (Wildman–Crippen LogP) is 1.38. The van der Waals surface area contributed by atoms with E-state index < -0.39 is 5.60 Å². The normalized spacial score (nSPS) is 11.1. The topological polar surface area (TPSA) is 33.4 Å². The maximum Gasteiger partial charge on any atom is 0.373 e. The van der Waals surface area contributed by atoms with E-state index in [4.69, 9.17) is 4.74 Å². The molecule has 1 rings (SSSR count). The molecule has 0 saturated carbocycles. The van der Waals surface area contributed by atoms with Gasteiger partial charge in [0.1, 0.15) is 5.60 Å². The Kier molecular flexibility index (Phi) is 4.10. The first-order valence-electron chi connectivity index (χ1n) is 5.66. The fraction of sp³-hybridized carbons (Fsp3) is 0.538. The van der Waals surface area contributed by atoms with Crippen molar-refractivity contribution in [3.05, 3.63) is 24.5 Å². The Bertz CT molecular complexity index is 377. The third-order valence-electron chi connectivity index (χ3n) is 2.12. The first kappa shape index (κ1) is 13.5. The summed E-state index contributed by atoms with van der Waals surface area (Å²) >= 11 is 0. The average molecular weight is 237 g/mol. The molecular weight excluding hydrogens is 216 g/mol. The Morgan fingerprint density at radius 2 is 1.82 bits per heavy atom. The molecule has 0 atom stereocenters. The van der Waals surface area contributed by atoms with E-state index >= 15 is 0 Å². The molecule has 4 heteroatoms. The van der Waals surface area contributed by atoms with Gasteiger partial charge in [0.25, 0.3) is 0 Å². The summed E-state index contributed by atoms with van der Waals surface area (Å²) in [4.78, 5) is 13.6. The van der Waals surface area contributed by atoms with Gasteiger partial charge in [-0.25, -0.2) is 4.79 Å². The zero-order valence-corrected chi connectivity index (χ0v) is 11.2. The number of hydrogen-bond acceptors (Lipinski definition) is 3. The van der Waals surface area contributed by atoms with Gasteiger partial charge in [0.15, 0.2) is 12.4 Å². The van der Waals surface area contributed by atoms with Gasteiger partial charge in [-0.05, 0) is 20.8 Å². The highest BCUT2D eigenvalue weighted by atomic mass is 16.6. The standard InChI is InChI=1S/C13H21N2O2/c1-13(2,3)17-12(16)10-15-8-6-11(7-9-15)14(4)5/h6-9H,10H2,1-5H3/q+1. The van der Waals surface area contributed by atoms with Gasteiger partial charge in [-0.3, -0.25) is 0 Å². The number of nitrogens with zero attached hydrogens (tertiary/aromatic N) is 2. The van der Waals surface area contributed by atoms with E-state index in [1.54, 1.807) is 4.57 Å². The van der Waals surface area contributed by atoms with Crippen molar-refractivity contribution in [2.75, 3.05) is 19.0 Å². The minimum absolute atomic E-state index is 0.222. The van der Waals surface area contributed by atoms with E-state index in [0.717, 1.165) is 5.69 Å². The molecule has 0 aliphatic rings. The molecule has 1 aromatic heterocycles. The van der Waals surface area contributed by atoms with Gasteiger partial charge in [0.2, 0.25) is 6.54 Å². The van der Waals surface area contributed by atoms with E-state index in [-0.39, 0.29) is 12.5 Å². The van der Waals surface area contributed by atoms with Crippen molar-refractivity contribution in [2.45, 2.75) is 32.9 Å². The molecule has 1 heterocycles. The number of esters is 1. The molecule has 4 nitrogen and oxygen atoms in total. The third kappa shape index (κ3) is 4.85. The van der Waals surface area contributed by atoms with Crippen LogP contribution in [-0.2, 0) is 16.1 Å². The highest BCUT2D eigenvalue weighted by molar-refractivity contribution is 5.68. The van der Waals surface area contributed by atoms with Crippen molar-refractivity contribution in [2.24, 2.45) is 0 Å². The Morgan fingerprint density at radius 1 is 1.29 bits per heavy atom. The molecule has 0 radical (unpaired) electrons. The average Bonchev–Trinajstić information content (AvgIpc) is 2.15. The number of hydrogen-bond donors (Lipinski definition) is 0. The van der Waals surface area contributed by atoms with Crippen molar-refractivity contribution in [3.8, 4) is 0 Å². The molecule has 17 heavy (non-hydrogen) atoms. The fourth-order valence-electron chi connectivity index (χ4n) is 1.38. The molecule has 0 unspecified atom stereocenters. The summed E-state index contributed by atoms with van der Waals surface area (Å²) in [6, 6.07) is 3.93. The molecule has 0 amide bonds. The second-order valence-electron chi connectivity index (χ2n) is 5.21. The van der Waals surface area contributed by atoms with Crippen molar-refractivity contribution in [1.29, 1.82) is 0 Å². The van der Waals surface area contributed by atoms with Gasteiger partial charge in [-0.2, -0.15) is 4.57 Å². The van der Waals surface area contributed by atoms with Crippen LogP contribution in [0.2, 0.25) is 0 Å². The highest BCUT2D eigenvalue weighted by Crippen LogP contribution is 2.08. The molecule has 94 valence electrons. The number of anilines is 1. The van der Waals surface area contributed by atoms with Crippen LogP contribution in [0, 0.1) is 0 Å². The molecule has 0 spiro atoms. The molecule has 0 N–H and O–H groups in total. The SMILES string of the molecule is CN(C)c1cc[n+](CC(=O)OC(C)(C)C)cc1. The summed E-state index contributed by atoms with van der Waals surface area (Å²) in [5.74, 6) is -0.222. The van der Waals surface area contributed by atoms with E-state index in [2.05, 4.69) is 0 Å². The molecule has 0 aliphatic heterocycles. The lowest BCUT2D eigenvalue weighted by Crippen LogP contribution is -2.40. The van der Waals surface area contributed by atoms with Crippen LogP contribution < -0.4 is 9.47 Å². The van der Waals surface area contributed by atoms with Crippen LogP contribution in [0.1, 0.15) is 20.8 Å². The minimum atomic E-state index is -0.429. The molecule has 0 saturated heterocycles. The maximum absolute atomic E-state index is 11.6. The molecule has 0 bridgehead atoms. The van der Waals surface area contributed by atoms with Crippen molar-refractivity contribution >= 4 is 11.7 Å². The van der Waals surface area contributed by atoms with E-state index in [1.165, 1.54) is 0 Å².